The van der Waals surface area contributed by atoms with Crippen LogP contribution in [0.15, 0.2) is 0 Å². The monoisotopic (exact) mass is 1170 g/mol. The molecule has 0 bridgehead atoms. The number of esters is 4. The van der Waals surface area contributed by atoms with E-state index in [9.17, 15) is 43.2 Å². The lowest BCUT2D eigenvalue weighted by atomic mass is 10.0. The lowest BCUT2D eigenvalue weighted by molar-refractivity contribution is -0.161. The van der Waals surface area contributed by atoms with Gasteiger partial charge in [-0.05, 0) is 43.4 Å². The fraction of sp³-hybridized carbons (Fsp3) is 0.933. The molecule has 5 atom stereocenters. The summed E-state index contributed by atoms with van der Waals surface area (Å²) in [5.41, 5.74) is 0. The first-order chi connectivity index (χ1) is 37.7. The molecule has 0 aliphatic heterocycles. The SMILES string of the molecule is CCCCCCCC(=O)OC[C@H](COP(=O)(O)OC[C@H](O)COP(=O)(O)OC[C@@H](COC(=O)CCCCCCCCCC(C)C)OC(=O)CCCCCCCCCCCCCC(C)C)OC(=O)CCCCCCCCCC(C)C. The molecule has 0 aromatic rings. The second-order valence-electron chi connectivity index (χ2n) is 23.2. The molecule has 0 saturated heterocycles. The Bertz CT molecular complexity index is 1580. The molecule has 19 heteroatoms. The Balaban J connectivity index is 5.18. The summed E-state index contributed by atoms with van der Waals surface area (Å²) in [5.74, 6) is 0.0120. The lowest BCUT2D eigenvalue weighted by Gasteiger charge is -2.21. The first-order valence-electron chi connectivity index (χ1n) is 31.3. The van der Waals surface area contributed by atoms with E-state index in [0.29, 0.717) is 37.5 Å². The van der Waals surface area contributed by atoms with Crippen LogP contribution in [0.25, 0.3) is 0 Å². The number of unbranched alkanes of at least 4 members (excludes halogenated alkanes) is 26. The van der Waals surface area contributed by atoms with E-state index in [1.807, 2.05) is 0 Å². The van der Waals surface area contributed by atoms with Crippen LogP contribution >= 0.6 is 15.6 Å². The number of hydrogen-bond acceptors (Lipinski definition) is 15. The molecule has 17 nitrogen and oxygen atoms in total. The standard InChI is InChI=1S/C60H116O17P2/c1-8-9-10-24-34-41-57(62)70-47-55(76-60(65)44-37-30-23-17-20-27-33-40-53(6)7)49-74-78(66,67)72-45-54(61)46-73-79(68,69)75-50-56(48-71-58(63)42-35-28-22-16-19-26-32-39-52(4)5)77-59(64)43-36-29-21-15-13-11-12-14-18-25-31-38-51(2)3/h51-56,61H,8-50H2,1-7H3,(H,66,67)(H,68,69)/t54-,55+,56+/m0/s1. The van der Waals surface area contributed by atoms with Crippen LogP contribution in [0.3, 0.4) is 0 Å². The van der Waals surface area contributed by atoms with Crippen LogP contribution in [0, 0.1) is 17.8 Å². The van der Waals surface area contributed by atoms with Crippen LogP contribution in [0.5, 0.6) is 0 Å². The third-order valence-electron chi connectivity index (χ3n) is 13.6. The second kappa shape index (κ2) is 51.7. The maximum atomic E-state index is 12.9. The Morgan fingerprint density at radius 3 is 0.861 bits per heavy atom. The highest BCUT2D eigenvalue weighted by molar-refractivity contribution is 7.47. The summed E-state index contributed by atoms with van der Waals surface area (Å²) < 4.78 is 67.6. The molecule has 0 heterocycles. The van der Waals surface area contributed by atoms with Crippen LogP contribution < -0.4 is 0 Å². The summed E-state index contributed by atoms with van der Waals surface area (Å²) in [4.78, 5) is 71.7. The highest BCUT2D eigenvalue weighted by Crippen LogP contribution is 2.45. The summed E-state index contributed by atoms with van der Waals surface area (Å²) in [6.07, 6.45) is 31.2. The van der Waals surface area contributed by atoms with Crippen molar-refractivity contribution >= 4 is 39.5 Å². The molecule has 0 fully saturated rings. The maximum absolute atomic E-state index is 12.9. The van der Waals surface area contributed by atoms with Gasteiger partial charge in [0.05, 0.1) is 26.4 Å². The normalized spacial score (nSPS) is 14.5. The van der Waals surface area contributed by atoms with Crippen molar-refractivity contribution in [1.82, 2.24) is 0 Å². The fourth-order valence-corrected chi connectivity index (χ4v) is 10.4. The van der Waals surface area contributed by atoms with Gasteiger partial charge in [0.15, 0.2) is 12.2 Å². The van der Waals surface area contributed by atoms with Crippen molar-refractivity contribution in [2.24, 2.45) is 17.8 Å². The van der Waals surface area contributed by atoms with Gasteiger partial charge in [0.1, 0.15) is 19.3 Å². The van der Waals surface area contributed by atoms with Gasteiger partial charge >= 0.3 is 39.5 Å². The molecule has 0 saturated carbocycles. The third kappa shape index (κ3) is 55.0. The van der Waals surface area contributed by atoms with Gasteiger partial charge in [0.2, 0.25) is 0 Å². The minimum Gasteiger partial charge on any atom is -0.462 e. The smallest absolute Gasteiger partial charge is 0.462 e. The molecule has 0 radical (unpaired) electrons. The number of phosphoric ester groups is 2. The number of carbonyl (C=O) groups is 4. The number of ether oxygens (including phenoxy) is 4. The molecule has 0 aromatic heterocycles. The molecule has 79 heavy (non-hydrogen) atoms. The summed E-state index contributed by atoms with van der Waals surface area (Å²) in [7, 11) is -9.87. The molecule has 468 valence electrons. The molecule has 0 aromatic carbocycles. The van der Waals surface area contributed by atoms with Gasteiger partial charge in [-0.3, -0.25) is 37.3 Å². The van der Waals surface area contributed by atoms with Gasteiger partial charge in [0, 0.05) is 25.7 Å². The number of carbonyl (C=O) groups excluding carboxylic acids is 4. The van der Waals surface area contributed by atoms with Crippen molar-refractivity contribution in [2.75, 3.05) is 39.6 Å². The zero-order valence-corrected chi connectivity index (χ0v) is 52.6. The zero-order valence-electron chi connectivity index (χ0n) is 50.8. The van der Waals surface area contributed by atoms with Crippen molar-refractivity contribution in [1.29, 1.82) is 0 Å². The quantitative estimate of drug-likeness (QED) is 0.0222. The molecular formula is C60H116O17P2. The number of hydrogen-bond donors (Lipinski definition) is 3. The topological polar surface area (TPSA) is 237 Å². The Morgan fingerprint density at radius 2 is 0.582 bits per heavy atom. The molecule has 0 aliphatic carbocycles. The Labute approximate surface area is 479 Å². The largest absolute Gasteiger partial charge is 0.472 e. The summed E-state index contributed by atoms with van der Waals surface area (Å²) in [5, 5.41) is 10.5. The van der Waals surface area contributed by atoms with Crippen LogP contribution in [-0.2, 0) is 65.4 Å². The highest BCUT2D eigenvalue weighted by atomic mass is 31.2. The van der Waals surface area contributed by atoms with Gasteiger partial charge in [-0.25, -0.2) is 9.13 Å². The van der Waals surface area contributed by atoms with Crippen LogP contribution in [-0.4, -0.2) is 96.7 Å². The Kier molecular flexibility index (Phi) is 50.4. The van der Waals surface area contributed by atoms with E-state index in [-0.39, 0.29) is 25.7 Å². The lowest BCUT2D eigenvalue weighted by Crippen LogP contribution is -2.30. The van der Waals surface area contributed by atoms with E-state index in [2.05, 4.69) is 48.5 Å². The average Bonchev–Trinajstić information content (AvgIpc) is 3.39. The summed E-state index contributed by atoms with van der Waals surface area (Å²) >= 11 is 0. The van der Waals surface area contributed by atoms with Gasteiger partial charge in [0.25, 0.3) is 0 Å². The van der Waals surface area contributed by atoms with Gasteiger partial charge in [-0.15, -0.1) is 0 Å². The highest BCUT2D eigenvalue weighted by Gasteiger charge is 2.30. The predicted octanol–water partition coefficient (Wildman–Crippen LogP) is 15.9. The minimum atomic E-state index is -4.94. The van der Waals surface area contributed by atoms with Crippen LogP contribution in [0.4, 0.5) is 0 Å². The van der Waals surface area contributed by atoms with E-state index in [1.54, 1.807) is 0 Å². The molecule has 0 aliphatic rings. The van der Waals surface area contributed by atoms with Crippen LogP contribution in [0.2, 0.25) is 0 Å². The number of phosphoric acid groups is 2. The van der Waals surface area contributed by atoms with E-state index in [1.165, 1.54) is 83.5 Å². The summed E-state index contributed by atoms with van der Waals surface area (Å²) in [6.45, 7) is 11.6. The van der Waals surface area contributed by atoms with Crippen LogP contribution in [0.1, 0.15) is 286 Å². The molecule has 2 unspecified atom stereocenters. The van der Waals surface area contributed by atoms with E-state index in [4.69, 9.17) is 37.0 Å². The van der Waals surface area contributed by atoms with Crippen molar-refractivity contribution in [3.63, 3.8) is 0 Å². The maximum Gasteiger partial charge on any atom is 0.472 e. The second-order valence-corrected chi connectivity index (χ2v) is 26.1. The zero-order chi connectivity index (χ0) is 58.8. The first-order valence-corrected chi connectivity index (χ1v) is 34.3. The fourth-order valence-electron chi connectivity index (χ4n) is 8.77. The molecule has 3 N–H and O–H groups in total. The van der Waals surface area contributed by atoms with Crippen molar-refractivity contribution in [2.45, 2.75) is 304 Å². The van der Waals surface area contributed by atoms with Gasteiger partial charge in [-0.1, -0.05) is 235 Å². The third-order valence-corrected chi connectivity index (χ3v) is 15.5. The van der Waals surface area contributed by atoms with Gasteiger partial charge < -0.3 is 33.8 Å². The van der Waals surface area contributed by atoms with Gasteiger partial charge in [-0.2, -0.15) is 0 Å². The first kappa shape index (κ1) is 77.1. The molecule has 0 spiro atoms. The number of aliphatic hydroxyl groups excluding tert-OH is 1. The molecular weight excluding hydrogens is 1050 g/mol. The number of aliphatic hydroxyl groups is 1. The van der Waals surface area contributed by atoms with E-state index in [0.717, 1.165) is 109 Å². The number of rotatable bonds is 58. The average molecular weight is 1170 g/mol. The Hall–Kier alpha value is -1.94. The molecule has 0 rings (SSSR count). The van der Waals surface area contributed by atoms with Crippen molar-refractivity contribution in [3.8, 4) is 0 Å². The predicted molar refractivity (Wildman–Crippen MR) is 312 cm³/mol. The van der Waals surface area contributed by atoms with Crippen molar-refractivity contribution in [3.05, 3.63) is 0 Å². The Morgan fingerprint density at radius 1 is 0.342 bits per heavy atom. The molecule has 0 amide bonds. The minimum absolute atomic E-state index is 0.102. The summed E-state index contributed by atoms with van der Waals surface area (Å²) in [6, 6.07) is 0. The van der Waals surface area contributed by atoms with E-state index >= 15 is 0 Å². The van der Waals surface area contributed by atoms with E-state index < -0.39 is 97.5 Å². The van der Waals surface area contributed by atoms with Crippen molar-refractivity contribution < 1.29 is 80.2 Å².